The van der Waals surface area contributed by atoms with Crippen molar-refractivity contribution in [2.75, 3.05) is 6.54 Å². The van der Waals surface area contributed by atoms with Crippen molar-refractivity contribution in [2.24, 2.45) is 5.73 Å². The molecule has 4 N–H and O–H groups in total. The minimum atomic E-state index is -0.631. The SMILES string of the molecule is CC[C@H](O)CCNC(=O)c1ccc(C(N)=O)nc1. The molecule has 0 spiro atoms. The van der Waals surface area contributed by atoms with Gasteiger partial charge in [-0.3, -0.25) is 14.6 Å². The summed E-state index contributed by atoms with van der Waals surface area (Å²) in [5.74, 6) is -0.921. The van der Waals surface area contributed by atoms with Gasteiger partial charge in [-0.25, -0.2) is 0 Å². The molecule has 0 aliphatic rings. The molecule has 0 unspecified atom stereocenters. The van der Waals surface area contributed by atoms with Crippen LogP contribution in [0.25, 0.3) is 0 Å². The highest BCUT2D eigenvalue weighted by molar-refractivity contribution is 5.95. The summed E-state index contributed by atoms with van der Waals surface area (Å²) in [4.78, 5) is 26.2. The van der Waals surface area contributed by atoms with E-state index < -0.39 is 12.0 Å². The van der Waals surface area contributed by atoms with E-state index in [4.69, 9.17) is 5.73 Å². The van der Waals surface area contributed by atoms with Gasteiger partial charge in [0, 0.05) is 12.7 Å². The molecular formula is C12H17N3O3. The van der Waals surface area contributed by atoms with E-state index in [1.165, 1.54) is 18.3 Å². The number of amides is 2. The summed E-state index contributed by atoms with van der Waals surface area (Å²) in [5.41, 5.74) is 5.51. The number of carbonyl (C=O) groups is 2. The molecule has 2 amide bonds. The van der Waals surface area contributed by atoms with Gasteiger partial charge in [0.1, 0.15) is 5.69 Å². The fourth-order valence-corrected chi connectivity index (χ4v) is 1.33. The molecule has 1 aromatic rings. The second-order valence-corrected chi connectivity index (χ2v) is 3.90. The minimum absolute atomic E-state index is 0.118. The Bertz CT molecular complexity index is 417. The van der Waals surface area contributed by atoms with E-state index in [0.29, 0.717) is 24.9 Å². The van der Waals surface area contributed by atoms with E-state index in [-0.39, 0.29) is 11.6 Å². The lowest BCUT2D eigenvalue weighted by molar-refractivity contribution is 0.0938. The van der Waals surface area contributed by atoms with E-state index in [1.54, 1.807) is 0 Å². The second-order valence-electron chi connectivity index (χ2n) is 3.90. The van der Waals surface area contributed by atoms with Crippen LogP contribution >= 0.6 is 0 Å². The molecule has 0 fully saturated rings. The number of hydrogen-bond acceptors (Lipinski definition) is 4. The molecule has 0 bridgehead atoms. The normalized spacial score (nSPS) is 11.9. The van der Waals surface area contributed by atoms with Gasteiger partial charge in [-0.15, -0.1) is 0 Å². The quantitative estimate of drug-likeness (QED) is 0.665. The highest BCUT2D eigenvalue weighted by atomic mass is 16.3. The van der Waals surface area contributed by atoms with E-state index in [0.717, 1.165) is 0 Å². The molecule has 18 heavy (non-hydrogen) atoms. The van der Waals surface area contributed by atoms with Crippen LogP contribution in [-0.4, -0.2) is 34.6 Å². The fraction of sp³-hybridized carbons (Fsp3) is 0.417. The molecule has 6 heteroatoms. The summed E-state index contributed by atoms with van der Waals surface area (Å²) in [6.07, 6.45) is 2.06. The lowest BCUT2D eigenvalue weighted by atomic mass is 10.2. The van der Waals surface area contributed by atoms with Gasteiger partial charge in [-0.1, -0.05) is 6.92 Å². The predicted molar refractivity (Wildman–Crippen MR) is 66.0 cm³/mol. The van der Waals surface area contributed by atoms with Crippen molar-refractivity contribution in [1.82, 2.24) is 10.3 Å². The molecule has 0 saturated carbocycles. The molecule has 1 atom stereocenters. The Hall–Kier alpha value is -1.95. The number of primary amides is 1. The maximum Gasteiger partial charge on any atom is 0.267 e. The topological polar surface area (TPSA) is 105 Å². The Kier molecular flexibility index (Phi) is 5.26. The second kappa shape index (κ2) is 6.70. The summed E-state index contributed by atoms with van der Waals surface area (Å²) in [6.45, 7) is 2.27. The Labute approximate surface area is 105 Å². The lowest BCUT2D eigenvalue weighted by Crippen LogP contribution is -2.27. The molecule has 1 heterocycles. The van der Waals surface area contributed by atoms with Gasteiger partial charge in [0.15, 0.2) is 0 Å². The van der Waals surface area contributed by atoms with Gasteiger partial charge in [0.2, 0.25) is 0 Å². The van der Waals surface area contributed by atoms with Crippen LogP contribution in [0.15, 0.2) is 18.3 Å². The molecule has 1 rings (SSSR count). The molecule has 0 saturated heterocycles. The molecule has 6 nitrogen and oxygen atoms in total. The van der Waals surface area contributed by atoms with Gasteiger partial charge in [-0.2, -0.15) is 0 Å². The van der Waals surface area contributed by atoms with Crippen LogP contribution in [0.4, 0.5) is 0 Å². The minimum Gasteiger partial charge on any atom is -0.393 e. The zero-order valence-electron chi connectivity index (χ0n) is 10.2. The summed E-state index contributed by atoms with van der Waals surface area (Å²) >= 11 is 0. The van der Waals surface area contributed by atoms with Crippen LogP contribution in [-0.2, 0) is 0 Å². The summed E-state index contributed by atoms with van der Waals surface area (Å²) in [6, 6.07) is 2.89. The number of pyridine rings is 1. The Morgan fingerprint density at radius 3 is 2.72 bits per heavy atom. The lowest BCUT2D eigenvalue weighted by Gasteiger charge is -2.08. The number of nitrogens with two attached hydrogens (primary N) is 1. The number of aliphatic hydroxyl groups is 1. The summed E-state index contributed by atoms with van der Waals surface area (Å²) in [7, 11) is 0. The molecule has 1 aromatic heterocycles. The van der Waals surface area contributed by atoms with Crippen LogP contribution in [0, 0.1) is 0 Å². The van der Waals surface area contributed by atoms with Crippen molar-refractivity contribution in [3.63, 3.8) is 0 Å². The largest absolute Gasteiger partial charge is 0.393 e. The number of nitrogens with one attached hydrogen (secondary N) is 1. The van der Waals surface area contributed by atoms with Gasteiger partial charge in [0.05, 0.1) is 11.7 Å². The van der Waals surface area contributed by atoms with Gasteiger partial charge < -0.3 is 16.2 Å². The number of nitrogens with zero attached hydrogens (tertiary/aromatic N) is 1. The Morgan fingerprint density at radius 1 is 1.50 bits per heavy atom. The number of aromatic nitrogens is 1. The molecule has 0 aromatic carbocycles. The first-order valence-electron chi connectivity index (χ1n) is 5.76. The van der Waals surface area contributed by atoms with E-state index in [2.05, 4.69) is 10.3 Å². The molecule has 0 aliphatic carbocycles. The van der Waals surface area contributed by atoms with Gasteiger partial charge in [-0.05, 0) is 25.0 Å². The van der Waals surface area contributed by atoms with Crippen molar-refractivity contribution in [1.29, 1.82) is 0 Å². The van der Waals surface area contributed by atoms with Crippen LogP contribution in [0.3, 0.4) is 0 Å². The van der Waals surface area contributed by atoms with Crippen LogP contribution in [0.5, 0.6) is 0 Å². The van der Waals surface area contributed by atoms with E-state index >= 15 is 0 Å². The fourth-order valence-electron chi connectivity index (χ4n) is 1.33. The Morgan fingerprint density at radius 2 is 2.22 bits per heavy atom. The highest BCUT2D eigenvalue weighted by Crippen LogP contribution is 2.00. The van der Waals surface area contributed by atoms with Crippen LogP contribution in [0.1, 0.15) is 40.6 Å². The van der Waals surface area contributed by atoms with Crippen LogP contribution < -0.4 is 11.1 Å². The number of carbonyl (C=O) groups excluding carboxylic acids is 2. The van der Waals surface area contributed by atoms with Crippen molar-refractivity contribution >= 4 is 11.8 Å². The van der Waals surface area contributed by atoms with Gasteiger partial charge >= 0.3 is 0 Å². The first-order valence-corrected chi connectivity index (χ1v) is 5.76. The third-order valence-corrected chi connectivity index (χ3v) is 2.51. The van der Waals surface area contributed by atoms with Crippen molar-refractivity contribution in [3.8, 4) is 0 Å². The van der Waals surface area contributed by atoms with E-state index in [9.17, 15) is 14.7 Å². The predicted octanol–water partition coefficient (Wildman–Crippen LogP) is 0.0713. The molecule has 98 valence electrons. The highest BCUT2D eigenvalue weighted by Gasteiger charge is 2.08. The third-order valence-electron chi connectivity index (χ3n) is 2.51. The first kappa shape index (κ1) is 14.1. The summed E-state index contributed by atoms with van der Waals surface area (Å²) < 4.78 is 0. The zero-order chi connectivity index (χ0) is 13.5. The number of rotatable bonds is 6. The summed E-state index contributed by atoms with van der Waals surface area (Å²) in [5, 5.41) is 12.0. The third kappa shape index (κ3) is 4.14. The average Bonchev–Trinajstić information content (AvgIpc) is 2.38. The van der Waals surface area contributed by atoms with E-state index in [1.807, 2.05) is 6.92 Å². The smallest absolute Gasteiger partial charge is 0.267 e. The maximum absolute atomic E-state index is 11.6. The average molecular weight is 251 g/mol. The molecule has 0 radical (unpaired) electrons. The molecule has 0 aliphatic heterocycles. The first-order chi connectivity index (χ1) is 8.54. The standard InChI is InChI=1S/C12H17N3O3/c1-2-9(16)5-6-14-12(18)8-3-4-10(11(13)17)15-7-8/h3-4,7,9,16H,2,5-6H2,1H3,(H2,13,17)(H,14,18)/t9-/m0/s1. The number of hydrogen-bond donors (Lipinski definition) is 3. The maximum atomic E-state index is 11.6. The Balaban J connectivity index is 2.49. The zero-order valence-corrected chi connectivity index (χ0v) is 10.2. The van der Waals surface area contributed by atoms with Crippen molar-refractivity contribution < 1.29 is 14.7 Å². The van der Waals surface area contributed by atoms with Crippen molar-refractivity contribution in [3.05, 3.63) is 29.6 Å². The van der Waals surface area contributed by atoms with Crippen LogP contribution in [0.2, 0.25) is 0 Å². The van der Waals surface area contributed by atoms with Crippen molar-refractivity contribution in [2.45, 2.75) is 25.9 Å². The molecular weight excluding hydrogens is 234 g/mol. The monoisotopic (exact) mass is 251 g/mol. The van der Waals surface area contributed by atoms with Gasteiger partial charge in [0.25, 0.3) is 11.8 Å². The number of aliphatic hydroxyl groups excluding tert-OH is 1.